The summed E-state index contributed by atoms with van der Waals surface area (Å²) in [6, 6.07) is 0. The lowest BCUT2D eigenvalue weighted by Crippen LogP contribution is -2.07. The predicted octanol–water partition coefficient (Wildman–Crippen LogP) is 0.331. The molecule has 0 spiro atoms. The third kappa shape index (κ3) is 0.756. The molecule has 0 bridgehead atoms. The lowest BCUT2D eigenvalue weighted by Gasteiger charge is -1.89. The van der Waals surface area contributed by atoms with E-state index in [0.717, 1.165) is 5.69 Å². The molecule has 2 aromatic rings. The van der Waals surface area contributed by atoms with Crippen molar-refractivity contribution in [3.8, 4) is 0 Å². The molecule has 2 rings (SSSR count). The van der Waals surface area contributed by atoms with E-state index in [-0.39, 0.29) is 5.56 Å². The van der Waals surface area contributed by atoms with Crippen molar-refractivity contribution in [3.05, 3.63) is 34.8 Å². The van der Waals surface area contributed by atoms with E-state index < -0.39 is 0 Å². The van der Waals surface area contributed by atoms with Gasteiger partial charge >= 0.3 is 0 Å². The number of hydrogen-bond donors (Lipinski definition) is 1. The fraction of sp³-hybridized carbons (Fsp3) is 0.143. The zero-order valence-electron chi connectivity index (χ0n) is 6.03. The van der Waals surface area contributed by atoms with Crippen LogP contribution in [0.3, 0.4) is 0 Å². The van der Waals surface area contributed by atoms with Crippen molar-refractivity contribution in [1.29, 1.82) is 0 Å². The van der Waals surface area contributed by atoms with Gasteiger partial charge in [0.1, 0.15) is 5.52 Å². The Kier molecular flexibility index (Phi) is 1.09. The van der Waals surface area contributed by atoms with Crippen LogP contribution in [0.25, 0.3) is 5.52 Å². The number of aromatic nitrogens is 3. The minimum atomic E-state index is -0.0949. The number of nitrogens with one attached hydrogen (secondary N) is 1. The highest BCUT2D eigenvalue weighted by atomic mass is 16.1. The van der Waals surface area contributed by atoms with Crippen LogP contribution in [0, 0.1) is 6.92 Å². The normalized spacial score (nSPS) is 10.6. The van der Waals surface area contributed by atoms with Crippen LogP contribution in [0.15, 0.2) is 23.5 Å². The van der Waals surface area contributed by atoms with Gasteiger partial charge in [-0.15, -0.1) is 0 Å². The Hall–Kier alpha value is -1.58. The van der Waals surface area contributed by atoms with Gasteiger partial charge in [-0.3, -0.25) is 9.20 Å². The molecule has 0 aliphatic rings. The topological polar surface area (TPSA) is 50.2 Å². The molecule has 0 aromatic carbocycles. The average molecular weight is 149 g/mol. The number of rotatable bonds is 0. The highest BCUT2D eigenvalue weighted by Gasteiger charge is 2.00. The Morgan fingerprint density at radius 1 is 1.64 bits per heavy atom. The van der Waals surface area contributed by atoms with Crippen molar-refractivity contribution in [3.63, 3.8) is 0 Å². The molecule has 0 radical (unpaired) electrons. The number of nitrogens with zero attached hydrogens (tertiary/aromatic N) is 2. The lowest BCUT2D eigenvalue weighted by molar-refractivity contribution is 1.09. The molecular formula is C7H7N3O. The van der Waals surface area contributed by atoms with E-state index in [2.05, 4.69) is 9.97 Å². The van der Waals surface area contributed by atoms with Crippen molar-refractivity contribution in [2.24, 2.45) is 0 Å². The number of aromatic amines is 1. The minimum Gasteiger partial charge on any atom is -0.326 e. The predicted molar refractivity (Wildman–Crippen MR) is 40.5 cm³/mol. The molecule has 2 heterocycles. The van der Waals surface area contributed by atoms with E-state index >= 15 is 0 Å². The van der Waals surface area contributed by atoms with Crippen LogP contribution in [0.1, 0.15) is 5.69 Å². The Morgan fingerprint density at radius 3 is 3.18 bits per heavy atom. The molecule has 0 aliphatic heterocycles. The van der Waals surface area contributed by atoms with E-state index in [1.54, 1.807) is 23.1 Å². The number of hydrogen-bond acceptors (Lipinski definition) is 2. The summed E-state index contributed by atoms with van der Waals surface area (Å²) in [7, 11) is 0. The molecule has 4 heteroatoms. The molecule has 2 aromatic heterocycles. The molecule has 0 atom stereocenters. The Morgan fingerprint density at radius 2 is 2.45 bits per heavy atom. The molecular weight excluding hydrogens is 142 g/mol. The highest BCUT2D eigenvalue weighted by Crippen LogP contribution is 1.99. The monoisotopic (exact) mass is 149 g/mol. The molecule has 0 amide bonds. The summed E-state index contributed by atoms with van der Waals surface area (Å²) in [5.74, 6) is 0. The van der Waals surface area contributed by atoms with Crippen LogP contribution in [0.4, 0.5) is 0 Å². The third-order valence-electron chi connectivity index (χ3n) is 1.64. The molecule has 56 valence electrons. The van der Waals surface area contributed by atoms with Crippen molar-refractivity contribution >= 4 is 5.52 Å². The van der Waals surface area contributed by atoms with Gasteiger partial charge in [-0.25, -0.2) is 4.98 Å². The van der Waals surface area contributed by atoms with E-state index in [4.69, 9.17) is 0 Å². The van der Waals surface area contributed by atoms with Crippen LogP contribution >= 0.6 is 0 Å². The van der Waals surface area contributed by atoms with E-state index in [1.807, 2.05) is 6.92 Å². The van der Waals surface area contributed by atoms with Gasteiger partial charge in [0, 0.05) is 12.4 Å². The van der Waals surface area contributed by atoms with Gasteiger partial charge in [0.15, 0.2) is 0 Å². The second-order valence-electron chi connectivity index (χ2n) is 2.38. The van der Waals surface area contributed by atoms with Gasteiger partial charge in [0.2, 0.25) is 0 Å². The third-order valence-corrected chi connectivity index (χ3v) is 1.64. The van der Waals surface area contributed by atoms with Gasteiger partial charge in [-0.05, 0) is 6.92 Å². The first-order valence-electron chi connectivity index (χ1n) is 3.30. The Balaban J connectivity index is 3.08. The van der Waals surface area contributed by atoms with Crippen molar-refractivity contribution in [2.75, 3.05) is 0 Å². The summed E-state index contributed by atoms with van der Waals surface area (Å²) < 4.78 is 1.70. The zero-order valence-corrected chi connectivity index (χ0v) is 6.03. The van der Waals surface area contributed by atoms with E-state index in [1.165, 1.54) is 0 Å². The molecule has 4 nitrogen and oxygen atoms in total. The Labute approximate surface area is 62.5 Å². The van der Waals surface area contributed by atoms with Gasteiger partial charge in [-0.1, -0.05) is 0 Å². The maximum atomic E-state index is 11.1. The number of H-pyrrole nitrogens is 1. The molecule has 0 fully saturated rings. The van der Waals surface area contributed by atoms with E-state index in [9.17, 15) is 4.79 Å². The quantitative estimate of drug-likeness (QED) is 0.586. The van der Waals surface area contributed by atoms with Crippen molar-refractivity contribution < 1.29 is 0 Å². The van der Waals surface area contributed by atoms with Crippen molar-refractivity contribution in [1.82, 2.24) is 14.4 Å². The van der Waals surface area contributed by atoms with Crippen LogP contribution in [0.5, 0.6) is 0 Å². The molecule has 0 saturated carbocycles. The van der Waals surface area contributed by atoms with Gasteiger partial charge in [0.05, 0.1) is 12.0 Å². The van der Waals surface area contributed by atoms with Gasteiger partial charge < -0.3 is 4.98 Å². The zero-order chi connectivity index (χ0) is 7.84. The molecule has 0 unspecified atom stereocenters. The Bertz CT molecular complexity index is 440. The van der Waals surface area contributed by atoms with Crippen molar-refractivity contribution in [2.45, 2.75) is 6.92 Å². The SMILES string of the molecule is Cc1ncn2cc[nH]c(=O)c12. The fourth-order valence-corrected chi connectivity index (χ4v) is 1.11. The second kappa shape index (κ2) is 1.95. The van der Waals surface area contributed by atoms with Gasteiger partial charge in [-0.2, -0.15) is 0 Å². The summed E-state index contributed by atoms with van der Waals surface area (Å²) in [5, 5.41) is 0. The number of imidazole rings is 1. The summed E-state index contributed by atoms with van der Waals surface area (Å²) in [4.78, 5) is 17.7. The molecule has 11 heavy (non-hydrogen) atoms. The summed E-state index contributed by atoms with van der Waals surface area (Å²) in [6.45, 7) is 1.81. The first-order valence-corrected chi connectivity index (χ1v) is 3.30. The first kappa shape index (κ1) is 6.15. The fourth-order valence-electron chi connectivity index (χ4n) is 1.11. The maximum absolute atomic E-state index is 11.1. The van der Waals surface area contributed by atoms with Crippen LogP contribution in [-0.2, 0) is 0 Å². The number of aryl methyl sites for hydroxylation is 1. The largest absolute Gasteiger partial charge is 0.326 e. The second-order valence-corrected chi connectivity index (χ2v) is 2.38. The lowest BCUT2D eigenvalue weighted by atomic mass is 10.4. The molecule has 1 N–H and O–H groups in total. The summed E-state index contributed by atoms with van der Waals surface area (Å²) in [6.07, 6.45) is 4.98. The first-order chi connectivity index (χ1) is 5.29. The molecule has 0 aliphatic carbocycles. The maximum Gasteiger partial charge on any atom is 0.274 e. The summed E-state index contributed by atoms with van der Waals surface area (Å²) in [5.41, 5.74) is 1.28. The van der Waals surface area contributed by atoms with E-state index in [0.29, 0.717) is 5.52 Å². The standard InChI is InChI=1S/C7H7N3O/c1-5-6-7(11)8-2-3-10(6)4-9-5/h2-4H,1H3,(H,8,11). The van der Waals surface area contributed by atoms with Crippen LogP contribution in [-0.4, -0.2) is 14.4 Å². The number of fused-ring (bicyclic) bond motifs is 1. The summed E-state index contributed by atoms with van der Waals surface area (Å²) >= 11 is 0. The van der Waals surface area contributed by atoms with Gasteiger partial charge in [0.25, 0.3) is 5.56 Å². The van der Waals surface area contributed by atoms with Crippen LogP contribution < -0.4 is 5.56 Å². The minimum absolute atomic E-state index is 0.0949. The highest BCUT2D eigenvalue weighted by molar-refractivity contribution is 5.48. The smallest absolute Gasteiger partial charge is 0.274 e. The average Bonchev–Trinajstić information content (AvgIpc) is 2.34. The molecule has 0 saturated heterocycles. The van der Waals surface area contributed by atoms with Crippen LogP contribution in [0.2, 0.25) is 0 Å².